The zero-order valence-electron chi connectivity index (χ0n) is 15.4. The van der Waals surface area contributed by atoms with Crippen molar-refractivity contribution in [3.05, 3.63) is 28.8 Å². The highest BCUT2D eigenvalue weighted by Crippen LogP contribution is 2.63. The van der Waals surface area contributed by atoms with Crippen molar-refractivity contribution in [2.24, 2.45) is 21.8 Å². The van der Waals surface area contributed by atoms with E-state index in [4.69, 9.17) is 11.6 Å². The van der Waals surface area contributed by atoms with Gasteiger partial charge in [-0.3, -0.25) is 4.79 Å². The summed E-state index contributed by atoms with van der Waals surface area (Å²) in [5.74, 6) is 0.136. The van der Waals surface area contributed by atoms with Crippen LogP contribution < -0.4 is 10.1 Å². The van der Waals surface area contributed by atoms with Crippen LogP contribution in [0, 0.1) is 16.7 Å². The van der Waals surface area contributed by atoms with E-state index >= 15 is 0 Å². The number of carbonyl (C=O) groups is 1. The average molecular weight is 398 g/mol. The van der Waals surface area contributed by atoms with Crippen LogP contribution >= 0.6 is 11.6 Å². The Bertz CT molecular complexity index is 895. The van der Waals surface area contributed by atoms with Crippen LogP contribution in [0.2, 0.25) is 5.02 Å². The number of carbonyl (C=O) groups excluding carboxylic acids is 1. The van der Waals surface area contributed by atoms with Crippen molar-refractivity contribution in [2.75, 3.05) is 7.05 Å². The number of sulfonamides is 1. The summed E-state index contributed by atoms with van der Waals surface area (Å²) in [6.07, 6.45) is 3.16. The summed E-state index contributed by atoms with van der Waals surface area (Å²) in [6, 6.07) is 4.14. The summed E-state index contributed by atoms with van der Waals surface area (Å²) in [7, 11) is -2.45. The van der Waals surface area contributed by atoms with Crippen LogP contribution in [-0.4, -0.2) is 27.1 Å². The van der Waals surface area contributed by atoms with Crippen molar-refractivity contribution in [3.8, 4) is 0 Å². The molecule has 0 spiro atoms. The molecular formula is C18H24ClN3O3S. The fourth-order valence-electron chi connectivity index (χ4n) is 4.24. The van der Waals surface area contributed by atoms with Gasteiger partial charge in [0.15, 0.2) is 0 Å². The van der Waals surface area contributed by atoms with Crippen LogP contribution in [0.5, 0.6) is 0 Å². The highest BCUT2D eigenvalue weighted by atomic mass is 35.5. The maximum atomic E-state index is 12.5. The molecule has 0 aromatic heterocycles. The number of nitrogens with one attached hydrogen (secondary N) is 2. The molecule has 0 heterocycles. The van der Waals surface area contributed by atoms with Gasteiger partial charge >= 0.3 is 0 Å². The zero-order valence-corrected chi connectivity index (χ0v) is 17.0. The van der Waals surface area contributed by atoms with Gasteiger partial charge in [-0.2, -0.15) is 5.10 Å². The van der Waals surface area contributed by atoms with Gasteiger partial charge in [-0.15, -0.1) is 0 Å². The van der Waals surface area contributed by atoms with Crippen LogP contribution in [-0.2, 0) is 10.0 Å². The van der Waals surface area contributed by atoms with E-state index in [2.05, 4.69) is 36.0 Å². The number of rotatable bonds is 4. The number of fused-ring (bicyclic) bond motifs is 2. The molecule has 2 aliphatic carbocycles. The molecule has 0 radical (unpaired) electrons. The molecular weight excluding hydrogens is 374 g/mol. The number of halogens is 1. The Kier molecular flexibility index (Phi) is 4.70. The van der Waals surface area contributed by atoms with Crippen molar-refractivity contribution in [1.82, 2.24) is 10.1 Å². The Hall–Kier alpha value is -1.44. The number of hydrogen-bond acceptors (Lipinski definition) is 4. The molecule has 0 aliphatic heterocycles. The largest absolute Gasteiger partial charge is 0.271 e. The van der Waals surface area contributed by atoms with Gasteiger partial charge in [-0.1, -0.05) is 32.4 Å². The Balaban J connectivity index is 1.83. The molecule has 6 nitrogen and oxygen atoms in total. The first-order valence-electron chi connectivity index (χ1n) is 8.63. The molecule has 1 aromatic carbocycles. The third-order valence-corrected chi connectivity index (χ3v) is 8.45. The topological polar surface area (TPSA) is 87.6 Å². The number of benzene rings is 1. The van der Waals surface area contributed by atoms with E-state index in [1.807, 2.05) is 0 Å². The molecule has 26 heavy (non-hydrogen) atoms. The Morgan fingerprint density at radius 3 is 2.54 bits per heavy atom. The minimum Gasteiger partial charge on any atom is -0.267 e. The first-order chi connectivity index (χ1) is 12.0. The van der Waals surface area contributed by atoms with Gasteiger partial charge < -0.3 is 0 Å². The van der Waals surface area contributed by atoms with Crippen LogP contribution in [0.4, 0.5) is 0 Å². The predicted octanol–water partition coefficient (Wildman–Crippen LogP) is 3.18. The first kappa shape index (κ1) is 19.3. The monoisotopic (exact) mass is 397 g/mol. The van der Waals surface area contributed by atoms with E-state index in [0.29, 0.717) is 5.92 Å². The second kappa shape index (κ2) is 6.32. The highest BCUT2D eigenvalue weighted by molar-refractivity contribution is 7.89. The van der Waals surface area contributed by atoms with Crippen LogP contribution in [0.1, 0.15) is 50.4 Å². The number of hydrazone groups is 1. The molecule has 2 atom stereocenters. The summed E-state index contributed by atoms with van der Waals surface area (Å²) in [4.78, 5) is 12.3. The van der Waals surface area contributed by atoms with E-state index in [1.165, 1.54) is 31.7 Å². The fraction of sp³-hybridized carbons (Fsp3) is 0.556. The summed E-state index contributed by atoms with van der Waals surface area (Å²) in [6.45, 7) is 6.75. The van der Waals surface area contributed by atoms with Gasteiger partial charge in [0.25, 0.3) is 5.91 Å². The third-order valence-electron chi connectivity index (χ3n) is 6.56. The van der Waals surface area contributed by atoms with Crippen molar-refractivity contribution in [2.45, 2.75) is 44.9 Å². The molecule has 0 unspecified atom stereocenters. The number of amides is 1. The molecule has 142 valence electrons. The molecule has 2 aliphatic rings. The summed E-state index contributed by atoms with van der Waals surface area (Å²) in [5.41, 5.74) is 3.97. The zero-order chi connectivity index (χ0) is 19.3. The molecule has 8 heteroatoms. The van der Waals surface area contributed by atoms with Crippen molar-refractivity contribution in [3.63, 3.8) is 0 Å². The van der Waals surface area contributed by atoms with Crippen molar-refractivity contribution < 1.29 is 13.2 Å². The van der Waals surface area contributed by atoms with E-state index < -0.39 is 15.9 Å². The van der Waals surface area contributed by atoms with Crippen LogP contribution in [0.3, 0.4) is 0 Å². The Labute approximate surface area is 159 Å². The second-order valence-corrected chi connectivity index (χ2v) is 10.1. The highest BCUT2D eigenvalue weighted by Gasteiger charge is 2.60. The van der Waals surface area contributed by atoms with Gasteiger partial charge in [0, 0.05) is 16.7 Å². The standard InChI is InChI=1S/C18H24ClN3O3S/c1-17(2)12-7-8-18(17,3)15(10-12)21-22-16(23)11-5-6-13(19)14(9-11)26(24,25)20-4/h5-6,9,12,20H,7-8,10H2,1-4H3,(H,22,23)/b21-15-/t12-,18+/m0/s1. The lowest BCUT2D eigenvalue weighted by atomic mass is 9.70. The van der Waals surface area contributed by atoms with Gasteiger partial charge in [0.05, 0.1) is 5.02 Å². The van der Waals surface area contributed by atoms with E-state index in [-0.39, 0.29) is 26.3 Å². The van der Waals surface area contributed by atoms with Crippen molar-refractivity contribution in [1.29, 1.82) is 0 Å². The van der Waals surface area contributed by atoms with Gasteiger partial charge in [-0.05, 0) is 55.8 Å². The molecule has 0 saturated heterocycles. The molecule has 1 amide bonds. The van der Waals surface area contributed by atoms with Crippen LogP contribution in [0.15, 0.2) is 28.2 Å². The Morgan fingerprint density at radius 1 is 1.31 bits per heavy atom. The summed E-state index contributed by atoms with van der Waals surface area (Å²) in [5, 5.41) is 4.46. The Morgan fingerprint density at radius 2 is 2.00 bits per heavy atom. The van der Waals surface area contributed by atoms with Gasteiger partial charge in [0.1, 0.15) is 4.90 Å². The molecule has 3 rings (SSSR count). The summed E-state index contributed by atoms with van der Waals surface area (Å²) < 4.78 is 26.2. The molecule has 1 aromatic rings. The van der Waals surface area contributed by atoms with Crippen molar-refractivity contribution >= 4 is 33.2 Å². The molecule has 2 bridgehead atoms. The molecule has 2 fully saturated rings. The van der Waals surface area contributed by atoms with Crippen LogP contribution in [0.25, 0.3) is 0 Å². The first-order valence-corrected chi connectivity index (χ1v) is 10.5. The van der Waals surface area contributed by atoms with E-state index in [9.17, 15) is 13.2 Å². The van der Waals surface area contributed by atoms with E-state index in [0.717, 1.165) is 18.6 Å². The lowest BCUT2D eigenvalue weighted by Gasteiger charge is -2.34. The second-order valence-electron chi connectivity index (χ2n) is 7.85. The number of nitrogens with zero attached hydrogens (tertiary/aromatic N) is 1. The summed E-state index contributed by atoms with van der Waals surface area (Å²) >= 11 is 5.96. The maximum absolute atomic E-state index is 12.5. The minimum absolute atomic E-state index is 0.00836. The minimum atomic E-state index is -3.75. The van der Waals surface area contributed by atoms with Gasteiger partial charge in [0.2, 0.25) is 10.0 Å². The quantitative estimate of drug-likeness (QED) is 0.765. The maximum Gasteiger partial charge on any atom is 0.271 e. The average Bonchev–Trinajstić information content (AvgIpc) is 2.93. The lowest BCUT2D eigenvalue weighted by Crippen LogP contribution is -2.34. The fourth-order valence-corrected chi connectivity index (χ4v) is 5.49. The smallest absolute Gasteiger partial charge is 0.267 e. The molecule has 2 N–H and O–H groups in total. The lowest BCUT2D eigenvalue weighted by molar-refractivity contribution is 0.0953. The predicted molar refractivity (Wildman–Crippen MR) is 102 cm³/mol. The third kappa shape index (κ3) is 2.86. The normalized spacial score (nSPS) is 28.5. The molecule has 2 saturated carbocycles. The SMILES string of the molecule is CNS(=O)(=O)c1cc(C(=O)N/N=C2/C[C@@H]3CC[C@@]2(C)C3(C)C)ccc1Cl. The number of hydrogen-bond donors (Lipinski definition) is 2. The van der Waals surface area contributed by atoms with Gasteiger partial charge in [-0.25, -0.2) is 18.6 Å². The van der Waals surface area contributed by atoms with E-state index in [1.54, 1.807) is 0 Å².